The van der Waals surface area contributed by atoms with E-state index in [-0.39, 0.29) is 30.1 Å². The summed E-state index contributed by atoms with van der Waals surface area (Å²) in [6.45, 7) is 8.80. The van der Waals surface area contributed by atoms with Crippen molar-refractivity contribution >= 4 is 29.9 Å². The maximum absolute atomic E-state index is 6.03. The summed E-state index contributed by atoms with van der Waals surface area (Å²) >= 11 is 0. The van der Waals surface area contributed by atoms with Crippen LogP contribution in [0.5, 0.6) is 0 Å². The lowest BCUT2D eigenvalue weighted by Gasteiger charge is -2.31. The van der Waals surface area contributed by atoms with Crippen LogP contribution in [-0.2, 0) is 17.7 Å². The predicted molar refractivity (Wildman–Crippen MR) is 93.0 cm³/mol. The second kappa shape index (κ2) is 8.57. The largest absolute Gasteiger partial charge is 0.443 e. The van der Waals surface area contributed by atoms with E-state index in [4.69, 9.17) is 14.9 Å². The molecule has 0 aliphatic carbocycles. The van der Waals surface area contributed by atoms with Gasteiger partial charge >= 0.3 is 0 Å². The molecule has 1 aromatic heterocycles. The number of nitrogens with zero attached hydrogens (tertiary/aromatic N) is 3. The molecule has 1 fully saturated rings. The summed E-state index contributed by atoms with van der Waals surface area (Å²) in [6, 6.07) is 0. The number of hydrogen-bond donors (Lipinski definition) is 1. The van der Waals surface area contributed by atoms with Gasteiger partial charge in [0.2, 0.25) is 0 Å². The van der Waals surface area contributed by atoms with Crippen LogP contribution in [0.4, 0.5) is 0 Å². The first kappa shape index (κ1) is 18.2. The fourth-order valence-electron chi connectivity index (χ4n) is 2.24. The molecule has 1 unspecified atom stereocenters. The number of aromatic nitrogens is 1. The summed E-state index contributed by atoms with van der Waals surface area (Å²) in [4.78, 5) is 10.9. The summed E-state index contributed by atoms with van der Waals surface area (Å²) in [7, 11) is 0. The Morgan fingerprint density at radius 2 is 2.29 bits per heavy atom. The second-order valence-electron chi connectivity index (χ2n) is 5.17. The highest BCUT2D eigenvalue weighted by Gasteiger charge is 2.18. The molecule has 7 heteroatoms. The molecular formula is C14H25IN4O2. The number of halogens is 1. The molecule has 0 radical (unpaired) electrons. The van der Waals surface area contributed by atoms with Crippen molar-refractivity contribution in [3.63, 3.8) is 0 Å². The van der Waals surface area contributed by atoms with E-state index in [9.17, 15) is 0 Å². The van der Waals surface area contributed by atoms with Crippen LogP contribution in [0.3, 0.4) is 0 Å². The first-order chi connectivity index (χ1) is 9.60. The van der Waals surface area contributed by atoms with E-state index in [1.165, 1.54) is 0 Å². The molecule has 2 N–H and O–H groups in total. The van der Waals surface area contributed by atoms with Gasteiger partial charge in [0.1, 0.15) is 12.3 Å². The summed E-state index contributed by atoms with van der Waals surface area (Å²) in [6.07, 6.45) is 2.08. The Labute approximate surface area is 143 Å². The van der Waals surface area contributed by atoms with E-state index in [0.717, 1.165) is 43.3 Å². The third-order valence-corrected chi connectivity index (χ3v) is 3.35. The maximum Gasteiger partial charge on any atom is 0.194 e. The average molecular weight is 408 g/mol. The van der Waals surface area contributed by atoms with Crippen molar-refractivity contribution in [1.82, 2.24) is 9.88 Å². The van der Waals surface area contributed by atoms with Gasteiger partial charge in [-0.1, -0.05) is 6.92 Å². The molecular weight excluding hydrogens is 383 g/mol. The van der Waals surface area contributed by atoms with E-state index in [0.29, 0.717) is 19.1 Å². The SMILES string of the molecule is CCCc1nc(C)c(CN=C(N)N2CCOC(C)C2)o1.I. The molecule has 1 atom stereocenters. The number of morpholine rings is 1. The number of aliphatic imine (C=N–C) groups is 1. The Bertz CT molecular complexity index is 476. The maximum atomic E-state index is 6.03. The van der Waals surface area contributed by atoms with Crippen molar-refractivity contribution in [1.29, 1.82) is 0 Å². The van der Waals surface area contributed by atoms with E-state index >= 15 is 0 Å². The van der Waals surface area contributed by atoms with Crippen molar-refractivity contribution in [2.75, 3.05) is 19.7 Å². The zero-order valence-electron chi connectivity index (χ0n) is 13.0. The van der Waals surface area contributed by atoms with Gasteiger partial charge in [0.25, 0.3) is 0 Å². The monoisotopic (exact) mass is 408 g/mol. The van der Waals surface area contributed by atoms with Gasteiger partial charge in [0.05, 0.1) is 18.4 Å². The van der Waals surface area contributed by atoms with E-state index in [2.05, 4.69) is 16.9 Å². The van der Waals surface area contributed by atoms with Gasteiger partial charge in [0.15, 0.2) is 11.9 Å². The van der Waals surface area contributed by atoms with E-state index in [1.54, 1.807) is 0 Å². The standard InChI is InChI=1S/C14H24N4O2.HI/c1-4-5-13-17-11(3)12(20-13)8-16-14(15)18-6-7-19-10(2)9-18;/h10H,4-9H2,1-3H3,(H2,15,16);1H. The van der Waals surface area contributed by atoms with Crippen molar-refractivity contribution in [2.24, 2.45) is 10.7 Å². The highest BCUT2D eigenvalue weighted by molar-refractivity contribution is 14.0. The minimum atomic E-state index is 0. The van der Waals surface area contributed by atoms with Crippen LogP contribution < -0.4 is 5.73 Å². The molecule has 1 aromatic rings. The minimum absolute atomic E-state index is 0. The number of nitrogens with two attached hydrogens (primary N) is 1. The van der Waals surface area contributed by atoms with Gasteiger partial charge in [-0.15, -0.1) is 24.0 Å². The van der Waals surface area contributed by atoms with Crippen LogP contribution in [0.15, 0.2) is 9.41 Å². The Kier molecular flexibility index (Phi) is 7.44. The summed E-state index contributed by atoms with van der Waals surface area (Å²) in [5.41, 5.74) is 6.94. The summed E-state index contributed by atoms with van der Waals surface area (Å²) in [5, 5.41) is 0. The Balaban J connectivity index is 0.00000220. The van der Waals surface area contributed by atoms with Gasteiger partial charge in [-0.2, -0.15) is 0 Å². The molecule has 0 aromatic carbocycles. The van der Waals surface area contributed by atoms with Gasteiger partial charge in [0, 0.05) is 19.5 Å². The van der Waals surface area contributed by atoms with E-state index in [1.807, 2.05) is 18.7 Å². The molecule has 1 aliphatic rings. The van der Waals surface area contributed by atoms with Crippen LogP contribution >= 0.6 is 24.0 Å². The van der Waals surface area contributed by atoms with Crippen LogP contribution in [0.25, 0.3) is 0 Å². The predicted octanol–water partition coefficient (Wildman–Crippen LogP) is 2.09. The second-order valence-corrected chi connectivity index (χ2v) is 5.17. The van der Waals surface area contributed by atoms with Crippen LogP contribution in [0.1, 0.15) is 37.6 Å². The smallest absolute Gasteiger partial charge is 0.194 e. The molecule has 2 rings (SSSR count). The van der Waals surface area contributed by atoms with Crippen molar-refractivity contribution < 1.29 is 9.15 Å². The molecule has 120 valence electrons. The third kappa shape index (κ3) is 5.14. The third-order valence-electron chi connectivity index (χ3n) is 3.35. The zero-order valence-corrected chi connectivity index (χ0v) is 15.3. The van der Waals surface area contributed by atoms with Gasteiger partial charge in [-0.05, 0) is 20.3 Å². The summed E-state index contributed by atoms with van der Waals surface area (Å²) < 4.78 is 11.2. The number of oxazole rings is 1. The lowest BCUT2D eigenvalue weighted by atomic mass is 10.3. The first-order valence-corrected chi connectivity index (χ1v) is 7.21. The van der Waals surface area contributed by atoms with Crippen LogP contribution in [0.2, 0.25) is 0 Å². The molecule has 0 spiro atoms. The molecule has 0 amide bonds. The Hall–Kier alpha value is -0.830. The number of ether oxygens (including phenoxy) is 1. The normalized spacial score (nSPS) is 19.5. The molecule has 1 saturated heterocycles. The Morgan fingerprint density at radius 3 is 2.95 bits per heavy atom. The van der Waals surface area contributed by atoms with Gasteiger partial charge < -0.3 is 19.8 Å². The van der Waals surface area contributed by atoms with Gasteiger partial charge in [-0.25, -0.2) is 9.98 Å². The fourth-order valence-corrected chi connectivity index (χ4v) is 2.24. The molecule has 21 heavy (non-hydrogen) atoms. The minimum Gasteiger partial charge on any atom is -0.443 e. The molecule has 1 aliphatic heterocycles. The average Bonchev–Trinajstić information content (AvgIpc) is 2.77. The highest BCUT2D eigenvalue weighted by Crippen LogP contribution is 2.13. The lowest BCUT2D eigenvalue weighted by molar-refractivity contribution is 0.00528. The van der Waals surface area contributed by atoms with Crippen molar-refractivity contribution in [3.8, 4) is 0 Å². The number of rotatable bonds is 4. The quantitative estimate of drug-likeness (QED) is 0.469. The molecule has 6 nitrogen and oxygen atoms in total. The number of hydrogen-bond acceptors (Lipinski definition) is 4. The van der Waals surface area contributed by atoms with Crippen LogP contribution in [0, 0.1) is 6.92 Å². The number of guanidine groups is 1. The topological polar surface area (TPSA) is 76.9 Å². The molecule has 0 bridgehead atoms. The Morgan fingerprint density at radius 1 is 1.52 bits per heavy atom. The first-order valence-electron chi connectivity index (χ1n) is 7.21. The molecule has 0 saturated carbocycles. The fraction of sp³-hybridized carbons (Fsp3) is 0.714. The number of aryl methyl sites for hydroxylation is 2. The van der Waals surface area contributed by atoms with Crippen LogP contribution in [-0.4, -0.2) is 41.6 Å². The highest BCUT2D eigenvalue weighted by atomic mass is 127. The van der Waals surface area contributed by atoms with E-state index < -0.39 is 0 Å². The lowest BCUT2D eigenvalue weighted by Crippen LogP contribution is -2.47. The van der Waals surface area contributed by atoms with Crippen molar-refractivity contribution in [2.45, 2.75) is 46.3 Å². The summed E-state index contributed by atoms with van der Waals surface area (Å²) in [5.74, 6) is 2.14. The molecule has 2 heterocycles. The van der Waals surface area contributed by atoms with Gasteiger partial charge in [-0.3, -0.25) is 0 Å². The van der Waals surface area contributed by atoms with Crippen molar-refractivity contribution in [3.05, 3.63) is 17.3 Å². The zero-order chi connectivity index (χ0) is 14.5.